The Kier molecular flexibility index (Phi) is 5.50. The van der Waals surface area contributed by atoms with E-state index in [1.165, 1.54) is 6.07 Å². The standard InChI is InChI=1S/C18H19F4N3O2/c1-8(17-13(21)6-10(19)7-23-17)24-15(26)5-9-4-11-14(25-18(9)27)3-2-12(20)16(11)22/h2-4,8,10,13,17,23H,5-7H2,1H3,(H,24,26)(H,25,27)/t8-,10?,13?,17?/m0/s1. The Morgan fingerprint density at radius 1 is 1.33 bits per heavy atom. The number of aromatic nitrogens is 1. The van der Waals surface area contributed by atoms with E-state index in [0.29, 0.717) is 0 Å². The van der Waals surface area contributed by atoms with E-state index in [4.69, 9.17) is 0 Å². The first-order valence-corrected chi connectivity index (χ1v) is 8.57. The molecule has 2 heterocycles. The summed E-state index contributed by atoms with van der Waals surface area (Å²) in [7, 11) is 0. The van der Waals surface area contributed by atoms with Gasteiger partial charge in [-0.15, -0.1) is 0 Å². The number of carbonyl (C=O) groups is 1. The number of alkyl halides is 2. The second kappa shape index (κ2) is 7.67. The van der Waals surface area contributed by atoms with Gasteiger partial charge in [-0.2, -0.15) is 0 Å². The Bertz CT molecular complexity index is 917. The summed E-state index contributed by atoms with van der Waals surface area (Å²) in [4.78, 5) is 26.7. The largest absolute Gasteiger partial charge is 0.352 e. The van der Waals surface area contributed by atoms with Gasteiger partial charge in [-0.3, -0.25) is 9.59 Å². The third-order valence-corrected chi connectivity index (χ3v) is 4.72. The van der Waals surface area contributed by atoms with Gasteiger partial charge in [-0.1, -0.05) is 0 Å². The molecule has 0 saturated carbocycles. The van der Waals surface area contributed by atoms with Gasteiger partial charge in [-0.05, 0) is 25.1 Å². The van der Waals surface area contributed by atoms with Crippen molar-refractivity contribution in [3.05, 3.63) is 45.8 Å². The maximum atomic E-state index is 14.0. The molecule has 1 aromatic carbocycles. The molecule has 1 aliphatic rings. The molecule has 0 spiro atoms. The van der Waals surface area contributed by atoms with Gasteiger partial charge in [0.15, 0.2) is 11.6 Å². The molecule has 0 radical (unpaired) electrons. The number of carbonyl (C=O) groups excluding carboxylic acids is 1. The molecule has 1 saturated heterocycles. The van der Waals surface area contributed by atoms with E-state index in [0.717, 1.165) is 12.1 Å². The molecule has 1 aromatic heterocycles. The Hall–Kier alpha value is -2.42. The number of rotatable bonds is 4. The van der Waals surface area contributed by atoms with Crippen LogP contribution in [0.2, 0.25) is 0 Å². The van der Waals surface area contributed by atoms with Crippen LogP contribution in [0, 0.1) is 11.6 Å². The van der Waals surface area contributed by atoms with E-state index in [1.54, 1.807) is 6.92 Å². The molecule has 3 N–H and O–H groups in total. The topological polar surface area (TPSA) is 74.0 Å². The van der Waals surface area contributed by atoms with Crippen molar-refractivity contribution in [2.45, 2.75) is 44.2 Å². The third kappa shape index (κ3) is 4.13. The molecule has 0 bridgehead atoms. The lowest BCUT2D eigenvalue weighted by molar-refractivity contribution is -0.121. The number of hydrogen-bond donors (Lipinski definition) is 3. The molecule has 1 amide bonds. The van der Waals surface area contributed by atoms with Crippen molar-refractivity contribution in [2.24, 2.45) is 0 Å². The van der Waals surface area contributed by atoms with Gasteiger partial charge in [-0.25, -0.2) is 17.6 Å². The lowest BCUT2D eigenvalue weighted by Gasteiger charge is -2.34. The fraction of sp³-hybridized carbons (Fsp3) is 0.444. The zero-order valence-corrected chi connectivity index (χ0v) is 14.5. The average Bonchev–Trinajstić information content (AvgIpc) is 2.59. The van der Waals surface area contributed by atoms with Crippen molar-refractivity contribution in [3.8, 4) is 0 Å². The summed E-state index contributed by atoms with van der Waals surface area (Å²) in [6, 6.07) is 1.86. The minimum atomic E-state index is -1.45. The number of pyridine rings is 1. The molecule has 27 heavy (non-hydrogen) atoms. The van der Waals surface area contributed by atoms with Crippen LogP contribution in [0.4, 0.5) is 17.6 Å². The first-order chi connectivity index (χ1) is 12.8. The molecule has 3 unspecified atom stereocenters. The van der Waals surface area contributed by atoms with Crippen LogP contribution in [0.1, 0.15) is 18.9 Å². The van der Waals surface area contributed by atoms with Crippen LogP contribution in [0.15, 0.2) is 23.0 Å². The second-order valence-electron chi connectivity index (χ2n) is 6.76. The van der Waals surface area contributed by atoms with Crippen LogP contribution in [0.3, 0.4) is 0 Å². The number of H-pyrrole nitrogens is 1. The molecular weight excluding hydrogens is 366 g/mol. The summed E-state index contributed by atoms with van der Waals surface area (Å²) in [5.74, 6) is -2.77. The van der Waals surface area contributed by atoms with Gasteiger partial charge in [0.2, 0.25) is 5.91 Å². The minimum absolute atomic E-state index is 0.000477. The Morgan fingerprint density at radius 3 is 2.78 bits per heavy atom. The number of hydrogen-bond acceptors (Lipinski definition) is 3. The van der Waals surface area contributed by atoms with Gasteiger partial charge >= 0.3 is 0 Å². The van der Waals surface area contributed by atoms with Crippen LogP contribution < -0.4 is 16.2 Å². The lowest BCUT2D eigenvalue weighted by atomic mass is 9.96. The first-order valence-electron chi connectivity index (χ1n) is 8.57. The van der Waals surface area contributed by atoms with Gasteiger partial charge in [0.05, 0.1) is 18.0 Å². The molecular formula is C18H19F4N3O2. The lowest BCUT2D eigenvalue weighted by Crippen LogP contribution is -2.58. The fourth-order valence-electron chi connectivity index (χ4n) is 3.31. The van der Waals surface area contributed by atoms with Crippen molar-refractivity contribution >= 4 is 16.8 Å². The number of halogens is 4. The normalized spacial score (nSPS) is 24.0. The van der Waals surface area contributed by atoms with E-state index in [2.05, 4.69) is 15.6 Å². The molecule has 2 aromatic rings. The van der Waals surface area contributed by atoms with E-state index >= 15 is 0 Å². The van der Waals surface area contributed by atoms with Crippen LogP contribution in [-0.4, -0.2) is 41.9 Å². The van der Waals surface area contributed by atoms with Gasteiger partial charge in [0, 0.05) is 30.0 Å². The summed E-state index contributed by atoms with van der Waals surface area (Å²) < 4.78 is 54.4. The van der Waals surface area contributed by atoms with Crippen LogP contribution in [-0.2, 0) is 11.2 Å². The maximum absolute atomic E-state index is 14.0. The molecule has 0 aliphatic carbocycles. The summed E-state index contributed by atoms with van der Waals surface area (Å²) in [5, 5.41) is 5.13. The van der Waals surface area contributed by atoms with Crippen molar-refractivity contribution in [2.75, 3.05) is 6.54 Å². The summed E-state index contributed by atoms with van der Waals surface area (Å²) in [5.41, 5.74) is -0.534. The summed E-state index contributed by atoms with van der Waals surface area (Å²) in [6.45, 7) is 1.57. The number of fused-ring (bicyclic) bond motifs is 1. The number of piperidine rings is 1. The number of amides is 1. The molecule has 5 nitrogen and oxygen atoms in total. The zero-order valence-electron chi connectivity index (χ0n) is 14.5. The smallest absolute Gasteiger partial charge is 0.252 e. The van der Waals surface area contributed by atoms with Gasteiger partial charge < -0.3 is 15.6 Å². The van der Waals surface area contributed by atoms with Gasteiger partial charge in [0.1, 0.15) is 12.3 Å². The van der Waals surface area contributed by atoms with Crippen molar-refractivity contribution in [1.29, 1.82) is 0 Å². The van der Waals surface area contributed by atoms with Gasteiger partial charge in [0.25, 0.3) is 5.56 Å². The Labute approximate surface area is 152 Å². The highest BCUT2D eigenvalue weighted by Gasteiger charge is 2.34. The number of nitrogens with one attached hydrogen (secondary N) is 3. The molecule has 9 heteroatoms. The Balaban J connectivity index is 1.73. The van der Waals surface area contributed by atoms with Crippen LogP contribution >= 0.6 is 0 Å². The zero-order chi connectivity index (χ0) is 19.7. The average molecular weight is 385 g/mol. The van der Waals surface area contributed by atoms with E-state index in [-0.39, 0.29) is 35.9 Å². The quantitative estimate of drug-likeness (QED) is 0.704. The SMILES string of the molecule is C[C@H](NC(=O)Cc1cc2c(F)c(F)ccc2[nH]c1=O)C1NCC(F)CC1F. The fourth-order valence-corrected chi connectivity index (χ4v) is 3.31. The van der Waals surface area contributed by atoms with Crippen molar-refractivity contribution < 1.29 is 22.4 Å². The molecule has 1 fully saturated rings. The molecule has 1 aliphatic heterocycles. The predicted molar refractivity (Wildman–Crippen MR) is 92.0 cm³/mol. The number of aromatic amines is 1. The Morgan fingerprint density at radius 2 is 2.07 bits per heavy atom. The van der Waals surface area contributed by atoms with Crippen molar-refractivity contribution in [3.63, 3.8) is 0 Å². The minimum Gasteiger partial charge on any atom is -0.352 e. The molecule has 3 rings (SSSR count). The summed E-state index contributed by atoms with van der Waals surface area (Å²) >= 11 is 0. The molecule has 4 atom stereocenters. The first kappa shape index (κ1) is 19.3. The third-order valence-electron chi connectivity index (χ3n) is 4.72. The monoisotopic (exact) mass is 385 g/mol. The predicted octanol–water partition coefficient (Wildman–Crippen LogP) is 1.89. The highest BCUT2D eigenvalue weighted by molar-refractivity contribution is 5.83. The van der Waals surface area contributed by atoms with Crippen LogP contribution in [0.5, 0.6) is 0 Å². The van der Waals surface area contributed by atoms with Crippen LogP contribution in [0.25, 0.3) is 10.9 Å². The molecule has 146 valence electrons. The van der Waals surface area contributed by atoms with E-state index in [1.807, 2.05) is 0 Å². The maximum Gasteiger partial charge on any atom is 0.252 e. The summed E-state index contributed by atoms with van der Waals surface area (Å²) in [6.07, 6.45) is -3.36. The van der Waals surface area contributed by atoms with E-state index < -0.39 is 47.5 Å². The highest BCUT2D eigenvalue weighted by atomic mass is 19.2. The van der Waals surface area contributed by atoms with E-state index in [9.17, 15) is 27.2 Å². The number of benzene rings is 1. The highest BCUT2D eigenvalue weighted by Crippen LogP contribution is 2.19. The van der Waals surface area contributed by atoms with Crippen molar-refractivity contribution in [1.82, 2.24) is 15.6 Å². The second-order valence-corrected chi connectivity index (χ2v) is 6.76.